The Labute approximate surface area is 79.8 Å². The van der Waals surface area contributed by atoms with Gasteiger partial charge < -0.3 is 5.11 Å². The first-order valence-electron chi connectivity index (χ1n) is 4.80. The molecule has 1 heterocycles. The molecule has 0 saturated carbocycles. The van der Waals surface area contributed by atoms with Crippen molar-refractivity contribution in [3.8, 4) is 0 Å². The number of rotatable bonds is 1. The molecular formula is C10H18N2O. The van der Waals surface area contributed by atoms with E-state index in [1.54, 1.807) is 0 Å². The second-order valence-corrected chi connectivity index (χ2v) is 4.24. The maximum absolute atomic E-state index is 11.5. The summed E-state index contributed by atoms with van der Waals surface area (Å²) in [5, 5.41) is 15.5. The highest BCUT2D eigenvalue weighted by molar-refractivity contribution is 5.79. The van der Waals surface area contributed by atoms with Crippen LogP contribution in [0.15, 0.2) is 5.10 Å². The highest BCUT2D eigenvalue weighted by Crippen LogP contribution is 2.23. The fourth-order valence-corrected chi connectivity index (χ4v) is 1.97. The minimum atomic E-state index is 0.0312. The summed E-state index contributed by atoms with van der Waals surface area (Å²) in [7, 11) is 0. The van der Waals surface area contributed by atoms with E-state index in [1.807, 2.05) is 18.5 Å². The lowest BCUT2D eigenvalue weighted by Gasteiger charge is -2.19. The number of hydrazone groups is 1. The zero-order valence-electron chi connectivity index (χ0n) is 9.03. The monoisotopic (exact) mass is 182 g/mol. The Kier molecular flexibility index (Phi) is 2.74. The molecule has 1 rings (SSSR count). The van der Waals surface area contributed by atoms with Gasteiger partial charge in [-0.15, -0.1) is 0 Å². The van der Waals surface area contributed by atoms with Gasteiger partial charge in [-0.1, -0.05) is 18.5 Å². The Morgan fingerprint density at radius 1 is 1.46 bits per heavy atom. The predicted octanol–water partition coefficient (Wildman–Crippen LogP) is 0.828. The second-order valence-electron chi connectivity index (χ2n) is 4.24. The Hall–Kier alpha value is -0.860. The van der Waals surface area contributed by atoms with Crippen LogP contribution >= 0.6 is 0 Å². The largest absolute Gasteiger partial charge is 0.857 e. The van der Waals surface area contributed by atoms with Gasteiger partial charge in [0.1, 0.15) is 0 Å². The summed E-state index contributed by atoms with van der Waals surface area (Å²) in [5.74, 6) is 0.467. The van der Waals surface area contributed by atoms with E-state index >= 15 is 0 Å². The standard InChI is InChI=1S/C10H18N2O/c1-6(2)9-8(5)12(7(3)4)11-10(9)13/h6,8-9H,1-5H3. The van der Waals surface area contributed by atoms with E-state index in [4.69, 9.17) is 0 Å². The predicted molar refractivity (Wildman–Crippen MR) is 51.8 cm³/mol. The van der Waals surface area contributed by atoms with Gasteiger partial charge >= 0.3 is 0 Å². The van der Waals surface area contributed by atoms with Crippen LogP contribution in [0.25, 0.3) is 0 Å². The first-order chi connectivity index (χ1) is 5.95. The Morgan fingerprint density at radius 2 is 2.00 bits per heavy atom. The van der Waals surface area contributed by atoms with Crippen molar-refractivity contribution in [2.45, 2.75) is 40.7 Å². The minimum Gasteiger partial charge on any atom is -0.857 e. The van der Waals surface area contributed by atoms with E-state index in [-0.39, 0.29) is 17.9 Å². The van der Waals surface area contributed by atoms with Crippen molar-refractivity contribution in [3.05, 3.63) is 0 Å². The molecule has 2 atom stereocenters. The Morgan fingerprint density at radius 3 is 2.23 bits per heavy atom. The SMILES string of the molecule is CC(C)=[N+]1N=C([O-])C(C(C)C)C1C. The van der Waals surface area contributed by atoms with Crippen molar-refractivity contribution in [2.24, 2.45) is 16.9 Å². The summed E-state index contributed by atoms with van der Waals surface area (Å²) >= 11 is 0. The van der Waals surface area contributed by atoms with E-state index in [9.17, 15) is 5.11 Å². The average molecular weight is 182 g/mol. The van der Waals surface area contributed by atoms with Crippen LogP contribution in [0.5, 0.6) is 0 Å². The zero-order valence-corrected chi connectivity index (χ0v) is 9.03. The van der Waals surface area contributed by atoms with Crippen molar-refractivity contribution in [1.82, 2.24) is 0 Å². The third-order valence-corrected chi connectivity index (χ3v) is 2.57. The van der Waals surface area contributed by atoms with Gasteiger partial charge in [0.25, 0.3) is 0 Å². The van der Waals surface area contributed by atoms with Crippen LogP contribution in [0.1, 0.15) is 34.6 Å². The van der Waals surface area contributed by atoms with Gasteiger partial charge in [0.2, 0.25) is 0 Å². The molecule has 1 aliphatic heterocycles. The molecule has 3 heteroatoms. The van der Waals surface area contributed by atoms with Crippen LogP contribution in [0.3, 0.4) is 0 Å². The molecule has 0 N–H and O–H groups in total. The second kappa shape index (κ2) is 3.48. The van der Waals surface area contributed by atoms with Crippen molar-refractivity contribution in [2.75, 3.05) is 0 Å². The van der Waals surface area contributed by atoms with E-state index < -0.39 is 0 Å². The molecule has 74 valence electrons. The summed E-state index contributed by atoms with van der Waals surface area (Å²) in [6.07, 6.45) is 0. The van der Waals surface area contributed by atoms with Crippen LogP contribution in [-0.2, 0) is 0 Å². The summed E-state index contributed by atoms with van der Waals surface area (Å²) in [6, 6.07) is 0.220. The van der Waals surface area contributed by atoms with Gasteiger partial charge in [-0.25, -0.2) is 0 Å². The molecule has 1 aliphatic rings. The molecule has 0 bridgehead atoms. The van der Waals surface area contributed by atoms with Gasteiger partial charge in [0, 0.05) is 26.7 Å². The van der Waals surface area contributed by atoms with Gasteiger partial charge in [-0.05, 0) is 11.0 Å². The highest BCUT2D eigenvalue weighted by atomic mass is 16.3. The number of hydrogen-bond acceptors (Lipinski definition) is 2. The third-order valence-electron chi connectivity index (χ3n) is 2.57. The number of nitrogens with zero attached hydrogens (tertiary/aromatic N) is 2. The van der Waals surface area contributed by atoms with Crippen LogP contribution in [0.2, 0.25) is 0 Å². The number of hydrogen-bond donors (Lipinski definition) is 0. The van der Waals surface area contributed by atoms with Gasteiger partial charge in [0.15, 0.2) is 11.8 Å². The summed E-state index contributed by atoms with van der Waals surface area (Å²) in [4.78, 5) is 0. The van der Waals surface area contributed by atoms with E-state index in [0.29, 0.717) is 5.92 Å². The van der Waals surface area contributed by atoms with Crippen molar-refractivity contribution in [3.63, 3.8) is 0 Å². The summed E-state index contributed by atoms with van der Waals surface area (Å²) < 4.78 is 1.84. The Bertz CT molecular complexity index is 262. The maximum atomic E-state index is 11.5. The fraction of sp³-hybridized carbons (Fsp3) is 0.800. The first-order valence-corrected chi connectivity index (χ1v) is 4.80. The molecule has 2 unspecified atom stereocenters. The van der Waals surface area contributed by atoms with Crippen LogP contribution in [-0.4, -0.2) is 22.3 Å². The zero-order chi connectivity index (χ0) is 10.2. The van der Waals surface area contributed by atoms with Crippen LogP contribution in [0, 0.1) is 11.8 Å². The lowest BCUT2D eigenvalue weighted by Crippen LogP contribution is -2.35. The minimum absolute atomic E-state index is 0.0312. The molecular weight excluding hydrogens is 164 g/mol. The molecule has 3 nitrogen and oxygen atoms in total. The summed E-state index contributed by atoms with van der Waals surface area (Å²) in [6.45, 7) is 10.2. The van der Waals surface area contributed by atoms with E-state index in [0.717, 1.165) is 5.71 Å². The smallest absolute Gasteiger partial charge is 0.188 e. The molecule has 0 amide bonds. The highest BCUT2D eigenvalue weighted by Gasteiger charge is 2.36. The molecule has 0 radical (unpaired) electrons. The van der Waals surface area contributed by atoms with E-state index in [1.165, 1.54) is 0 Å². The quantitative estimate of drug-likeness (QED) is 0.553. The van der Waals surface area contributed by atoms with Crippen molar-refractivity contribution in [1.29, 1.82) is 0 Å². The van der Waals surface area contributed by atoms with Crippen LogP contribution < -0.4 is 5.11 Å². The van der Waals surface area contributed by atoms with Crippen LogP contribution in [0.4, 0.5) is 0 Å². The van der Waals surface area contributed by atoms with Gasteiger partial charge in [-0.3, -0.25) is 0 Å². The maximum Gasteiger partial charge on any atom is 0.188 e. The topological polar surface area (TPSA) is 38.4 Å². The summed E-state index contributed by atoms with van der Waals surface area (Å²) in [5.41, 5.74) is 1.09. The fourth-order valence-electron chi connectivity index (χ4n) is 1.97. The van der Waals surface area contributed by atoms with E-state index in [2.05, 4.69) is 25.9 Å². The molecule has 0 aliphatic carbocycles. The molecule has 0 fully saturated rings. The Balaban J connectivity index is 2.99. The molecule has 0 aromatic heterocycles. The lowest BCUT2D eigenvalue weighted by atomic mass is 9.90. The van der Waals surface area contributed by atoms with Gasteiger partial charge in [0.05, 0.1) is 5.92 Å². The first kappa shape index (κ1) is 10.2. The molecule has 13 heavy (non-hydrogen) atoms. The molecule has 0 aromatic carbocycles. The molecule has 0 saturated heterocycles. The normalized spacial score (nSPS) is 28.2. The van der Waals surface area contributed by atoms with Crippen molar-refractivity contribution < 1.29 is 9.79 Å². The molecule has 0 spiro atoms. The average Bonchev–Trinajstić information content (AvgIpc) is 2.26. The van der Waals surface area contributed by atoms with Gasteiger partial charge in [-0.2, -0.15) is 0 Å². The lowest BCUT2D eigenvalue weighted by molar-refractivity contribution is -0.564. The molecule has 0 aromatic rings. The van der Waals surface area contributed by atoms with Crippen molar-refractivity contribution >= 4 is 11.6 Å². The third kappa shape index (κ3) is 1.74.